The van der Waals surface area contributed by atoms with Crippen LogP contribution in [0.4, 0.5) is 5.69 Å². The number of methoxy groups -OCH3 is 1. The van der Waals surface area contributed by atoms with Crippen molar-refractivity contribution in [3.05, 3.63) is 58.1 Å². The van der Waals surface area contributed by atoms with Crippen LogP contribution in [0.3, 0.4) is 0 Å². The van der Waals surface area contributed by atoms with Gasteiger partial charge in [-0.3, -0.25) is 4.79 Å². The smallest absolute Gasteiger partial charge is 0.306 e. The maximum Gasteiger partial charge on any atom is 0.306 e. The van der Waals surface area contributed by atoms with Gasteiger partial charge >= 0.3 is 5.97 Å². The summed E-state index contributed by atoms with van der Waals surface area (Å²) in [6.07, 6.45) is 2.56. The zero-order valence-corrected chi connectivity index (χ0v) is 17.1. The Labute approximate surface area is 168 Å². The van der Waals surface area contributed by atoms with Crippen LogP contribution in [0.2, 0.25) is 0 Å². The van der Waals surface area contributed by atoms with E-state index in [-0.39, 0.29) is 23.3 Å². The number of hydrogen-bond acceptors (Lipinski definition) is 3. The minimum absolute atomic E-state index is 0.159. The first-order valence-corrected chi connectivity index (χ1v) is 10.1. The highest BCUT2D eigenvalue weighted by molar-refractivity contribution is 9.10. The molecule has 0 radical (unpaired) electrons. The third kappa shape index (κ3) is 3.57. The van der Waals surface area contributed by atoms with Gasteiger partial charge in [-0.2, -0.15) is 0 Å². The maximum absolute atomic E-state index is 11.3. The molecule has 0 bridgehead atoms. The van der Waals surface area contributed by atoms with Crippen molar-refractivity contribution in [3.8, 4) is 5.75 Å². The number of hydrogen-bond donors (Lipinski definition) is 2. The number of carbonyl (C=O) groups is 1. The van der Waals surface area contributed by atoms with Crippen LogP contribution in [0.15, 0.2) is 46.9 Å². The predicted octanol–water partition coefficient (Wildman–Crippen LogP) is 5.08. The highest BCUT2D eigenvalue weighted by Gasteiger charge is 2.50. The number of ether oxygens (including phenoxy) is 1. The molecule has 2 aliphatic rings. The number of halogens is 1. The predicted molar refractivity (Wildman–Crippen MR) is 109 cm³/mol. The summed E-state index contributed by atoms with van der Waals surface area (Å²) in [5, 5.41) is 13.1. The van der Waals surface area contributed by atoms with E-state index in [9.17, 15) is 9.90 Å². The lowest BCUT2D eigenvalue weighted by molar-refractivity contribution is -0.138. The first kappa shape index (κ1) is 18.4. The molecule has 0 amide bonds. The monoisotopic (exact) mass is 429 g/mol. The third-order valence-electron chi connectivity index (χ3n) is 6.09. The van der Waals surface area contributed by atoms with E-state index < -0.39 is 5.97 Å². The molecule has 2 aromatic rings. The molecule has 0 spiro atoms. The van der Waals surface area contributed by atoms with Crippen molar-refractivity contribution in [2.24, 2.45) is 11.8 Å². The van der Waals surface area contributed by atoms with E-state index in [0.717, 1.165) is 35.2 Å². The Bertz CT molecular complexity index is 866. The van der Waals surface area contributed by atoms with Crippen LogP contribution in [0.5, 0.6) is 5.75 Å². The number of aliphatic carboxylic acids is 1. The second-order valence-corrected chi connectivity index (χ2v) is 8.94. The van der Waals surface area contributed by atoms with Gasteiger partial charge in [-0.1, -0.05) is 28.1 Å². The van der Waals surface area contributed by atoms with E-state index in [2.05, 4.69) is 64.6 Å². The Hall–Kier alpha value is -2.01. The number of rotatable bonds is 6. The first-order chi connectivity index (χ1) is 12.9. The SMILES string of the molecule is COc1ccc2c(c1)C(C[C@@H]1C[C@H]1C(=O)O)C(C)(Cc1ccc(Br)cc1)N2. The van der Waals surface area contributed by atoms with Crippen LogP contribution in [-0.2, 0) is 11.2 Å². The van der Waals surface area contributed by atoms with Gasteiger partial charge in [0, 0.05) is 21.6 Å². The van der Waals surface area contributed by atoms with Crippen molar-refractivity contribution in [1.82, 2.24) is 0 Å². The fourth-order valence-corrected chi connectivity index (χ4v) is 4.77. The van der Waals surface area contributed by atoms with Gasteiger partial charge in [-0.15, -0.1) is 0 Å². The van der Waals surface area contributed by atoms with E-state index in [1.807, 2.05) is 6.07 Å². The van der Waals surface area contributed by atoms with Gasteiger partial charge in [0.1, 0.15) is 5.75 Å². The standard InChI is InChI=1S/C22H24BrNO3/c1-22(12-13-3-5-15(23)6-4-13)19(10-14-9-17(14)21(25)26)18-11-16(27-2)7-8-20(18)24-22/h3-8,11,14,17,19,24H,9-10,12H2,1-2H3,(H,25,26)/t14-,17+,19?,22?/m0/s1. The Kier molecular flexibility index (Phi) is 4.66. The fraction of sp³-hybridized carbons (Fsp3) is 0.409. The summed E-state index contributed by atoms with van der Waals surface area (Å²) < 4.78 is 6.51. The molecule has 1 heterocycles. The van der Waals surface area contributed by atoms with Crippen LogP contribution in [0, 0.1) is 11.8 Å². The minimum atomic E-state index is -0.661. The Morgan fingerprint density at radius 3 is 2.67 bits per heavy atom. The zero-order valence-electron chi connectivity index (χ0n) is 15.5. The lowest BCUT2D eigenvalue weighted by Gasteiger charge is -2.33. The van der Waals surface area contributed by atoms with Gasteiger partial charge in [-0.05, 0) is 73.6 Å². The van der Waals surface area contributed by atoms with Crippen LogP contribution in [0.1, 0.15) is 36.8 Å². The quantitative estimate of drug-likeness (QED) is 0.671. The molecule has 1 aliphatic heterocycles. The Morgan fingerprint density at radius 1 is 1.30 bits per heavy atom. The van der Waals surface area contributed by atoms with Crippen molar-refractivity contribution in [3.63, 3.8) is 0 Å². The molecule has 4 rings (SSSR count). The van der Waals surface area contributed by atoms with E-state index in [4.69, 9.17) is 4.74 Å². The number of benzene rings is 2. The molecule has 2 N–H and O–H groups in total. The van der Waals surface area contributed by atoms with Gasteiger partial charge < -0.3 is 15.2 Å². The molecule has 2 aromatic carbocycles. The second kappa shape index (κ2) is 6.86. The third-order valence-corrected chi connectivity index (χ3v) is 6.61. The molecule has 142 valence electrons. The highest BCUT2D eigenvalue weighted by Crippen LogP contribution is 2.53. The van der Waals surface area contributed by atoms with Gasteiger partial charge in [-0.25, -0.2) is 0 Å². The molecule has 1 saturated carbocycles. The Balaban J connectivity index is 1.64. The van der Waals surface area contributed by atoms with E-state index in [1.54, 1.807) is 7.11 Å². The number of carboxylic acids is 1. The normalized spacial score (nSPS) is 28.3. The van der Waals surface area contributed by atoms with E-state index in [1.165, 1.54) is 11.1 Å². The molecule has 2 unspecified atom stereocenters. The molecule has 1 fully saturated rings. The molecule has 4 atom stereocenters. The molecule has 27 heavy (non-hydrogen) atoms. The fourth-order valence-electron chi connectivity index (χ4n) is 4.50. The largest absolute Gasteiger partial charge is 0.497 e. The van der Waals surface area contributed by atoms with Crippen LogP contribution in [0.25, 0.3) is 0 Å². The first-order valence-electron chi connectivity index (χ1n) is 9.33. The van der Waals surface area contributed by atoms with Crippen molar-refractivity contribution in [2.45, 2.75) is 37.6 Å². The van der Waals surface area contributed by atoms with Crippen LogP contribution in [-0.4, -0.2) is 23.7 Å². The van der Waals surface area contributed by atoms with E-state index in [0.29, 0.717) is 0 Å². The summed E-state index contributed by atoms with van der Waals surface area (Å²) in [7, 11) is 1.68. The summed E-state index contributed by atoms with van der Waals surface area (Å²) in [6, 6.07) is 14.6. The molecule has 1 aliphatic carbocycles. The number of anilines is 1. The number of carboxylic acid groups (broad SMARTS) is 1. The van der Waals surface area contributed by atoms with Gasteiger partial charge in [0.2, 0.25) is 0 Å². The van der Waals surface area contributed by atoms with Crippen molar-refractivity contribution < 1.29 is 14.6 Å². The lowest BCUT2D eigenvalue weighted by Crippen LogP contribution is -2.39. The van der Waals surface area contributed by atoms with Crippen LogP contribution < -0.4 is 10.1 Å². The average molecular weight is 430 g/mol. The summed E-state index contributed by atoms with van der Waals surface area (Å²) in [6.45, 7) is 2.25. The van der Waals surface area contributed by atoms with Crippen LogP contribution >= 0.6 is 15.9 Å². The molecular weight excluding hydrogens is 406 g/mol. The van der Waals surface area contributed by atoms with Crippen molar-refractivity contribution in [1.29, 1.82) is 0 Å². The molecule has 0 aromatic heterocycles. The molecule has 5 heteroatoms. The zero-order chi connectivity index (χ0) is 19.2. The summed E-state index contributed by atoms with van der Waals surface area (Å²) in [5.41, 5.74) is 3.48. The lowest BCUT2D eigenvalue weighted by atomic mass is 9.76. The topological polar surface area (TPSA) is 58.6 Å². The number of fused-ring (bicyclic) bond motifs is 1. The molecule has 4 nitrogen and oxygen atoms in total. The van der Waals surface area contributed by atoms with Crippen molar-refractivity contribution in [2.75, 3.05) is 12.4 Å². The average Bonchev–Trinajstić information content (AvgIpc) is 3.36. The molecule has 0 saturated heterocycles. The van der Waals surface area contributed by atoms with E-state index >= 15 is 0 Å². The summed E-state index contributed by atoms with van der Waals surface area (Å²) in [5.74, 6) is 0.512. The second-order valence-electron chi connectivity index (χ2n) is 8.03. The Morgan fingerprint density at radius 2 is 2.04 bits per heavy atom. The maximum atomic E-state index is 11.3. The van der Waals surface area contributed by atoms with Gasteiger partial charge in [0.05, 0.1) is 13.0 Å². The number of nitrogens with one attached hydrogen (secondary N) is 1. The van der Waals surface area contributed by atoms with Gasteiger partial charge in [0.25, 0.3) is 0 Å². The molecular formula is C22H24BrNO3. The minimum Gasteiger partial charge on any atom is -0.497 e. The summed E-state index contributed by atoms with van der Waals surface area (Å²) >= 11 is 3.50. The van der Waals surface area contributed by atoms with Gasteiger partial charge in [0.15, 0.2) is 0 Å². The highest BCUT2D eigenvalue weighted by atomic mass is 79.9. The summed E-state index contributed by atoms with van der Waals surface area (Å²) in [4.78, 5) is 11.3. The van der Waals surface area contributed by atoms with Crippen molar-refractivity contribution >= 4 is 27.6 Å².